The molecule has 3 N–H and O–H groups in total. The van der Waals surface area contributed by atoms with Gasteiger partial charge in [0.1, 0.15) is 5.75 Å². The minimum Gasteiger partial charge on any atom is -0.497 e. The Labute approximate surface area is 103 Å². The van der Waals surface area contributed by atoms with Gasteiger partial charge in [0.25, 0.3) is 0 Å². The number of benzene rings is 1. The number of nitrogens with one attached hydrogen (secondary N) is 1. The van der Waals surface area contributed by atoms with Gasteiger partial charge in [-0.2, -0.15) is 0 Å². The Hall–Kier alpha value is -1.66. The van der Waals surface area contributed by atoms with E-state index in [2.05, 4.69) is 10.3 Å². The van der Waals surface area contributed by atoms with E-state index in [0.29, 0.717) is 18.1 Å². The van der Waals surface area contributed by atoms with Crippen molar-refractivity contribution >= 4 is 32.6 Å². The molecule has 0 aliphatic rings. The number of rotatable bonds is 4. The molecule has 1 aromatic carbocycles. The number of ether oxygens (including phenoxy) is 1. The van der Waals surface area contributed by atoms with Gasteiger partial charge < -0.3 is 15.8 Å². The normalized spacial score (nSPS) is 10.5. The van der Waals surface area contributed by atoms with Crippen LogP contribution in [0.25, 0.3) is 10.2 Å². The van der Waals surface area contributed by atoms with Gasteiger partial charge in [0.2, 0.25) is 5.91 Å². The summed E-state index contributed by atoms with van der Waals surface area (Å²) < 4.78 is 6.12. The minimum absolute atomic E-state index is 0.112. The fourth-order valence-corrected chi connectivity index (χ4v) is 2.26. The van der Waals surface area contributed by atoms with E-state index in [1.807, 2.05) is 18.2 Å². The van der Waals surface area contributed by atoms with Gasteiger partial charge in [-0.15, -0.1) is 0 Å². The highest BCUT2D eigenvalue weighted by Gasteiger charge is 2.07. The van der Waals surface area contributed by atoms with Crippen LogP contribution in [0.3, 0.4) is 0 Å². The van der Waals surface area contributed by atoms with Crippen molar-refractivity contribution in [1.82, 2.24) is 4.98 Å². The van der Waals surface area contributed by atoms with Gasteiger partial charge in [0.05, 0.1) is 17.3 Å². The number of anilines is 1. The third kappa shape index (κ3) is 2.72. The molecule has 0 saturated heterocycles. The average Bonchev–Trinajstić information content (AvgIpc) is 2.69. The smallest absolute Gasteiger partial charge is 0.227 e. The number of carbonyl (C=O) groups excluding carboxylic acids is 1. The van der Waals surface area contributed by atoms with E-state index < -0.39 is 0 Å². The van der Waals surface area contributed by atoms with E-state index in [-0.39, 0.29) is 5.91 Å². The molecule has 2 aromatic rings. The van der Waals surface area contributed by atoms with Gasteiger partial charge in [0.15, 0.2) is 5.13 Å². The topological polar surface area (TPSA) is 77.2 Å². The van der Waals surface area contributed by atoms with Crippen molar-refractivity contribution in [1.29, 1.82) is 0 Å². The zero-order valence-corrected chi connectivity index (χ0v) is 10.2. The van der Waals surface area contributed by atoms with Crippen LogP contribution in [0, 0.1) is 0 Å². The summed E-state index contributed by atoms with van der Waals surface area (Å²) >= 11 is 1.43. The Morgan fingerprint density at radius 2 is 2.41 bits per heavy atom. The summed E-state index contributed by atoms with van der Waals surface area (Å²) in [5.74, 6) is 0.640. The van der Waals surface area contributed by atoms with Crippen molar-refractivity contribution < 1.29 is 9.53 Å². The standard InChI is InChI=1S/C11H13N3O2S/c1-16-7-2-3-9-8(6-7)13-11(17-9)14-10(15)4-5-12/h2-3,6H,4-5,12H2,1H3,(H,13,14,15). The van der Waals surface area contributed by atoms with Gasteiger partial charge in [-0.1, -0.05) is 11.3 Å². The van der Waals surface area contributed by atoms with Crippen molar-refractivity contribution in [2.45, 2.75) is 6.42 Å². The second-order valence-corrected chi connectivity index (χ2v) is 4.47. The predicted molar refractivity (Wildman–Crippen MR) is 68.5 cm³/mol. The molecule has 0 unspecified atom stereocenters. The van der Waals surface area contributed by atoms with E-state index in [4.69, 9.17) is 10.5 Å². The lowest BCUT2D eigenvalue weighted by atomic mass is 10.3. The van der Waals surface area contributed by atoms with Crippen LogP contribution in [0.5, 0.6) is 5.75 Å². The molecule has 17 heavy (non-hydrogen) atoms. The Bertz CT molecular complexity index is 538. The predicted octanol–water partition coefficient (Wildman–Crippen LogP) is 1.59. The largest absolute Gasteiger partial charge is 0.497 e. The van der Waals surface area contributed by atoms with Crippen LogP contribution in [0.1, 0.15) is 6.42 Å². The number of amides is 1. The molecule has 0 aliphatic carbocycles. The minimum atomic E-state index is -0.112. The maximum absolute atomic E-state index is 11.4. The number of aromatic nitrogens is 1. The number of hydrogen-bond donors (Lipinski definition) is 2. The molecule has 1 heterocycles. The van der Waals surface area contributed by atoms with E-state index in [0.717, 1.165) is 16.0 Å². The van der Waals surface area contributed by atoms with E-state index in [1.165, 1.54) is 11.3 Å². The van der Waals surface area contributed by atoms with Crippen LogP contribution >= 0.6 is 11.3 Å². The number of nitrogens with zero attached hydrogens (tertiary/aromatic N) is 1. The van der Waals surface area contributed by atoms with Crippen molar-refractivity contribution in [2.75, 3.05) is 19.0 Å². The molecular weight excluding hydrogens is 238 g/mol. The molecule has 2 rings (SSSR count). The zero-order chi connectivity index (χ0) is 12.3. The molecule has 90 valence electrons. The number of thiazole rings is 1. The lowest BCUT2D eigenvalue weighted by molar-refractivity contribution is -0.116. The lowest BCUT2D eigenvalue weighted by Crippen LogP contribution is -2.15. The fraction of sp³-hybridized carbons (Fsp3) is 0.273. The molecule has 0 radical (unpaired) electrons. The van der Waals surface area contributed by atoms with Crippen molar-refractivity contribution in [2.24, 2.45) is 5.73 Å². The Morgan fingerprint density at radius 1 is 1.59 bits per heavy atom. The van der Waals surface area contributed by atoms with Crippen molar-refractivity contribution in [3.63, 3.8) is 0 Å². The number of carbonyl (C=O) groups is 1. The van der Waals surface area contributed by atoms with E-state index in [1.54, 1.807) is 7.11 Å². The summed E-state index contributed by atoms with van der Waals surface area (Å²) in [4.78, 5) is 15.7. The first-order valence-electron chi connectivity index (χ1n) is 5.17. The van der Waals surface area contributed by atoms with E-state index in [9.17, 15) is 4.79 Å². The van der Waals surface area contributed by atoms with Crippen LogP contribution in [0.4, 0.5) is 5.13 Å². The number of fused-ring (bicyclic) bond motifs is 1. The molecule has 0 spiro atoms. The lowest BCUT2D eigenvalue weighted by Gasteiger charge is -1.97. The highest BCUT2D eigenvalue weighted by atomic mass is 32.1. The van der Waals surface area contributed by atoms with Gasteiger partial charge in [-0.05, 0) is 12.1 Å². The first-order valence-corrected chi connectivity index (χ1v) is 5.99. The molecule has 0 aliphatic heterocycles. The second kappa shape index (κ2) is 5.11. The number of nitrogens with two attached hydrogens (primary N) is 1. The summed E-state index contributed by atoms with van der Waals surface area (Å²) in [6, 6.07) is 5.63. The van der Waals surface area contributed by atoms with Crippen LogP contribution in [-0.2, 0) is 4.79 Å². The summed E-state index contributed by atoms with van der Waals surface area (Å²) in [6.07, 6.45) is 0.305. The number of hydrogen-bond acceptors (Lipinski definition) is 5. The third-order valence-corrected chi connectivity index (χ3v) is 3.16. The summed E-state index contributed by atoms with van der Waals surface area (Å²) in [5.41, 5.74) is 6.12. The molecule has 1 aromatic heterocycles. The molecule has 0 atom stereocenters. The summed E-state index contributed by atoms with van der Waals surface area (Å²) in [5, 5.41) is 3.31. The maximum atomic E-state index is 11.4. The Balaban J connectivity index is 2.22. The zero-order valence-electron chi connectivity index (χ0n) is 9.40. The molecule has 0 saturated carbocycles. The first-order chi connectivity index (χ1) is 8.22. The van der Waals surface area contributed by atoms with Gasteiger partial charge >= 0.3 is 0 Å². The first kappa shape index (κ1) is 11.8. The SMILES string of the molecule is COc1ccc2sc(NC(=O)CCN)nc2c1. The van der Waals surface area contributed by atoms with Crippen LogP contribution in [-0.4, -0.2) is 24.5 Å². The quantitative estimate of drug-likeness (QED) is 0.865. The molecule has 1 amide bonds. The highest BCUT2D eigenvalue weighted by Crippen LogP contribution is 2.28. The summed E-state index contributed by atoms with van der Waals surface area (Å²) in [7, 11) is 1.61. The Kier molecular flexibility index (Phi) is 3.55. The summed E-state index contributed by atoms with van der Waals surface area (Å²) in [6.45, 7) is 0.338. The van der Waals surface area contributed by atoms with Crippen LogP contribution in [0.15, 0.2) is 18.2 Å². The third-order valence-electron chi connectivity index (χ3n) is 2.21. The molecule has 0 bridgehead atoms. The van der Waals surface area contributed by atoms with Gasteiger partial charge in [-0.25, -0.2) is 4.98 Å². The Morgan fingerprint density at radius 3 is 3.12 bits per heavy atom. The van der Waals surface area contributed by atoms with E-state index >= 15 is 0 Å². The fourth-order valence-electron chi connectivity index (χ4n) is 1.40. The number of methoxy groups -OCH3 is 1. The van der Waals surface area contributed by atoms with Crippen LogP contribution in [0.2, 0.25) is 0 Å². The van der Waals surface area contributed by atoms with Crippen molar-refractivity contribution in [3.8, 4) is 5.75 Å². The highest BCUT2D eigenvalue weighted by molar-refractivity contribution is 7.22. The van der Waals surface area contributed by atoms with Crippen molar-refractivity contribution in [3.05, 3.63) is 18.2 Å². The van der Waals surface area contributed by atoms with Gasteiger partial charge in [0, 0.05) is 19.0 Å². The molecule has 5 nitrogen and oxygen atoms in total. The second-order valence-electron chi connectivity index (χ2n) is 3.44. The average molecular weight is 251 g/mol. The molecule has 0 fully saturated rings. The molecule has 6 heteroatoms. The monoisotopic (exact) mass is 251 g/mol. The van der Waals surface area contributed by atoms with Crippen LogP contribution < -0.4 is 15.8 Å². The van der Waals surface area contributed by atoms with Gasteiger partial charge in [-0.3, -0.25) is 4.79 Å². The molecular formula is C11H13N3O2S. The maximum Gasteiger partial charge on any atom is 0.227 e.